The molecule has 1 unspecified atom stereocenters. The summed E-state index contributed by atoms with van der Waals surface area (Å²) in [7, 11) is -3.70. The van der Waals surface area contributed by atoms with E-state index in [4.69, 9.17) is 4.74 Å². The molecular weight excluding hydrogens is 670 g/mol. The number of ether oxygens (including phenoxy) is 1. The number of aromatic nitrogens is 2. The molecule has 3 aliphatic heterocycles. The molecule has 3 aliphatic rings. The molecule has 4 N–H and O–H groups in total. The Bertz CT molecular complexity index is 1500. The van der Waals surface area contributed by atoms with Crippen molar-refractivity contribution in [3.8, 4) is 0 Å². The van der Waals surface area contributed by atoms with Gasteiger partial charge in [0.2, 0.25) is 21.8 Å². The van der Waals surface area contributed by atoms with E-state index in [0.29, 0.717) is 58.8 Å². The molecule has 49 heavy (non-hydrogen) atoms. The van der Waals surface area contributed by atoms with Crippen molar-refractivity contribution in [3.63, 3.8) is 0 Å². The number of sulfonamides is 1. The minimum Gasteiger partial charge on any atom is -0.390 e. The van der Waals surface area contributed by atoms with Gasteiger partial charge in [-0.1, -0.05) is 39.3 Å². The highest BCUT2D eigenvalue weighted by molar-refractivity contribution is 7.89. The van der Waals surface area contributed by atoms with E-state index in [1.165, 1.54) is 0 Å². The normalized spacial score (nSPS) is 21.9. The molecule has 3 saturated heterocycles. The topological polar surface area (TPSA) is 160 Å². The SMILES string of the molecule is CCCCN1C(=O)[C@@H]([C@H](O)C(C)C)NC(=O)C12CCN(C(c1ccc(S(=O)(=O)NCCN3CCOCC3)cc1)c1c(C)n[nH]c1C)CC2.Cl. The Hall–Kier alpha value is -2.59. The predicted molar refractivity (Wildman–Crippen MR) is 189 cm³/mol. The van der Waals surface area contributed by atoms with Gasteiger partial charge in [0.15, 0.2) is 0 Å². The number of aromatic amines is 1. The number of rotatable bonds is 13. The third-order valence-corrected chi connectivity index (χ3v) is 11.8. The smallest absolute Gasteiger partial charge is 0.248 e. The number of morpholine rings is 1. The lowest BCUT2D eigenvalue weighted by molar-refractivity contribution is -0.165. The van der Waals surface area contributed by atoms with Gasteiger partial charge in [0.25, 0.3) is 0 Å². The molecule has 5 rings (SSSR count). The molecule has 274 valence electrons. The zero-order valence-corrected chi connectivity index (χ0v) is 31.0. The summed E-state index contributed by atoms with van der Waals surface area (Å²) >= 11 is 0. The maximum atomic E-state index is 13.9. The van der Waals surface area contributed by atoms with Crippen molar-refractivity contribution < 1.29 is 27.9 Å². The largest absolute Gasteiger partial charge is 0.390 e. The number of likely N-dealkylation sites (tertiary alicyclic amines) is 1. The summed E-state index contributed by atoms with van der Waals surface area (Å²) < 4.78 is 34.4. The molecular formula is C34H54ClN7O6S. The Morgan fingerprint density at radius 2 is 1.71 bits per heavy atom. The number of carbonyl (C=O) groups is 2. The van der Waals surface area contributed by atoms with Crippen LogP contribution < -0.4 is 10.0 Å². The fourth-order valence-corrected chi connectivity index (χ4v) is 8.36. The first-order valence-corrected chi connectivity index (χ1v) is 18.8. The Balaban J connectivity index is 0.00000541. The minimum atomic E-state index is -3.70. The Morgan fingerprint density at radius 3 is 2.29 bits per heavy atom. The third-order valence-electron chi connectivity index (χ3n) is 10.3. The second kappa shape index (κ2) is 16.6. The van der Waals surface area contributed by atoms with Gasteiger partial charge in [0.05, 0.1) is 35.9 Å². The van der Waals surface area contributed by atoms with Crippen LogP contribution in [0.3, 0.4) is 0 Å². The number of hydrogen-bond acceptors (Lipinski definition) is 9. The van der Waals surface area contributed by atoms with Crippen molar-refractivity contribution >= 4 is 34.2 Å². The van der Waals surface area contributed by atoms with E-state index in [9.17, 15) is 23.1 Å². The minimum absolute atomic E-state index is 0. The number of nitrogens with one attached hydrogen (secondary N) is 3. The molecule has 13 nitrogen and oxygen atoms in total. The summed E-state index contributed by atoms with van der Waals surface area (Å²) in [4.78, 5) is 34.1. The van der Waals surface area contributed by atoms with E-state index in [1.807, 2.05) is 39.8 Å². The highest BCUT2D eigenvalue weighted by Crippen LogP contribution is 2.40. The number of aliphatic hydroxyl groups is 1. The Labute approximate surface area is 297 Å². The Morgan fingerprint density at radius 1 is 1.06 bits per heavy atom. The van der Waals surface area contributed by atoms with Crippen LogP contribution in [0.15, 0.2) is 29.2 Å². The number of aryl methyl sites for hydroxylation is 2. The standard InChI is InChI=1S/C34H53N7O6S.ClH/c1-6-7-15-41-32(43)29(31(42)23(2)3)36-33(44)34(41)12-16-40(17-13-34)30(28-24(4)37-38-25(28)5)26-8-10-27(11-9-26)48(45,46)35-14-18-39-19-21-47-22-20-39;/h8-11,23,29-31,35,42H,6-7,12-22H2,1-5H3,(H,36,44)(H,37,38);1H/t29-,30?,31-;/m1./s1. The molecule has 3 fully saturated rings. The summed E-state index contributed by atoms with van der Waals surface area (Å²) in [6.45, 7) is 15.0. The predicted octanol–water partition coefficient (Wildman–Crippen LogP) is 2.13. The van der Waals surface area contributed by atoms with Gasteiger partial charge in [-0.25, -0.2) is 13.1 Å². The molecule has 0 saturated carbocycles. The molecule has 2 aromatic rings. The third kappa shape index (κ3) is 8.32. The molecule has 1 aromatic carbocycles. The van der Waals surface area contributed by atoms with E-state index in [2.05, 4.69) is 37.0 Å². The van der Waals surface area contributed by atoms with Gasteiger partial charge in [-0.2, -0.15) is 5.10 Å². The van der Waals surface area contributed by atoms with Crippen LogP contribution in [0.25, 0.3) is 0 Å². The molecule has 3 atom stereocenters. The summed E-state index contributed by atoms with van der Waals surface area (Å²) in [5.41, 5.74) is 2.70. The maximum absolute atomic E-state index is 13.9. The summed E-state index contributed by atoms with van der Waals surface area (Å²) in [5.74, 6) is -0.603. The van der Waals surface area contributed by atoms with Gasteiger partial charge in [-0.05, 0) is 56.7 Å². The van der Waals surface area contributed by atoms with Crippen molar-refractivity contribution in [1.82, 2.24) is 34.9 Å². The van der Waals surface area contributed by atoms with Gasteiger partial charge >= 0.3 is 0 Å². The zero-order valence-electron chi connectivity index (χ0n) is 29.4. The Kier molecular flexibility index (Phi) is 13.3. The highest BCUT2D eigenvalue weighted by atomic mass is 35.5. The fraction of sp³-hybridized carbons (Fsp3) is 0.676. The van der Waals surface area contributed by atoms with Crippen LogP contribution in [0.4, 0.5) is 0 Å². The quantitative estimate of drug-likeness (QED) is 0.243. The van der Waals surface area contributed by atoms with Crippen molar-refractivity contribution in [1.29, 1.82) is 0 Å². The second-order valence-electron chi connectivity index (χ2n) is 13.8. The first kappa shape index (κ1) is 39.2. The molecule has 0 radical (unpaired) electrons. The number of halogens is 1. The van der Waals surface area contributed by atoms with Gasteiger partial charge in [-0.15, -0.1) is 12.4 Å². The number of piperazine rings is 1. The molecule has 1 spiro atoms. The van der Waals surface area contributed by atoms with Gasteiger partial charge in [0, 0.05) is 57.1 Å². The maximum Gasteiger partial charge on any atom is 0.248 e. The molecule has 1 aromatic heterocycles. The molecule has 15 heteroatoms. The van der Waals surface area contributed by atoms with Gasteiger partial charge in [-0.3, -0.25) is 24.5 Å². The molecule has 4 heterocycles. The number of benzene rings is 1. The van der Waals surface area contributed by atoms with E-state index in [-0.39, 0.29) is 41.1 Å². The number of aliphatic hydroxyl groups excluding tert-OH is 1. The van der Waals surface area contributed by atoms with E-state index < -0.39 is 27.7 Å². The summed E-state index contributed by atoms with van der Waals surface area (Å²) in [6.07, 6.45) is 1.55. The van der Waals surface area contributed by atoms with Crippen molar-refractivity contribution in [2.75, 3.05) is 59.0 Å². The number of piperidine rings is 1. The first-order valence-electron chi connectivity index (χ1n) is 17.4. The monoisotopic (exact) mass is 723 g/mol. The van der Waals surface area contributed by atoms with Crippen LogP contribution in [0.1, 0.15) is 75.0 Å². The van der Waals surface area contributed by atoms with E-state index in [0.717, 1.165) is 48.4 Å². The first-order chi connectivity index (χ1) is 22.9. The van der Waals surface area contributed by atoms with Gasteiger partial charge < -0.3 is 20.1 Å². The zero-order chi connectivity index (χ0) is 34.6. The van der Waals surface area contributed by atoms with Crippen molar-refractivity contribution in [2.24, 2.45) is 5.92 Å². The second-order valence-corrected chi connectivity index (χ2v) is 15.5. The summed E-state index contributed by atoms with van der Waals surface area (Å²) in [6, 6.07) is 5.82. The van der Waals surface area contributed by atoms with Crippen LogP contribution in [0, 0.1) is 19.8 Å². The van der Waals surface area contributed by atoms with Crippen LogP contribution in [-0.2, 0) is 24.3 Å². The molecule has 0 aliphatic carbocycles. The van der Waals surface area contributed by atoms with Crippen molar-refractivity contribution in [3.05, 3.63) is 46.8 Å². The number of unbranched alkanes of at least 4 members (excludes halogenated alkanes) is 1. The lowest BCUT2D eigenvalue weighted by Gasteiger charge is -2.53. The number of amides is 2. The number of hydrogen-bond donors (Lipinski definition) is 4. The van der Waals surface area contributed by atoms with E-state index >= 15 is 0 Å². The van der Waals surface area contributed by atoms with E-state index in [1.54, 1.807) is 17.0 Å². The number of nitrogens with zero attached hydrogens (tertiary/aromatic N) is 4. The van der Waals surface area contributed by atoms with Crippen LogP contribution in [0.5, 0.6) is 0 Å². The number of carbonyl (C=O) groups excluding carboxylic acids is 2. The van der Waals surface area contributed by atoms with Crippen molar-refractivity contribution in [2.45, 2.75) is 88.9 Å². The molecule has 0 bridgehead atoms. The number of H-pyrrole nitrogens is 1. The van der Waals surface area contributed by atoms with Crippen LogP contribution in [0.2, 0.25) is 0 Å². The summed E-state index contributed by atoms with van der Waals surface area (Å²) in [5, 5.41) is 21.3. The average Bonchev–Trinajstić information content (AvgIpc) is 3.40. The van der Waals surface area contributed by atoms with Gasteiger partial charge in [0.1, 0.15) is 11.6 Å². The lowest BCUT2D eigenvalue weighted by atomic mass is 9.79. The van der Waals surface area contributed by atoms with Crippen LogP contribution >= 0.6 is 12.4 Å². The molecule has 2 amide bonds. The lowest BCUT2D eigenvalue weighted by Crippen LogP contribution is -2.75. The average molecular weight is 724 g/mol. The van der Waals surface area contributed by atoms with Crippen LogP contribution in [-0.4, -0.2) is 127 Å². The highest BCUT2D eigenvalue weighted by Gasteiger charge is 2.55. The fourth-order valence-electron chi connectivity index (χ4n) is 7.34.